The van der Waals surface area contributed by atoms with Crippen LogP contribution in [0, 0.1) is 13.8 Å². The lowest BCUT2D eigenvalue weighted by Crippen LogP contribution is -2.38. The molecule has 27 heavy (non-hydrogen) atoms. The Morgan fingerprint density at radius 3 is 2.41 bits per heavy atom. The Morgan fingerprint density at radius 2 is 1.85 bits per heavy atom. The van der Waals surface area contributed by atoms with E-state index in [-0.39, 0.29) is 0 Å². The van der Waals surface area contributed by atoms with E-state index in [0.29, 0.717) is 11.4 Å². The first-order valence-electron chi connectivity index (χ1n) is 9.03. The van der Waals surface area contributed by atoms with Crippen molar-refractivity contribution in [2.45, 2.75) is 38.5 Å². The van der Waals surface area contributed by atoms with E-state index in [1.54, 1.807) is 23.5 Å². The van der Waals surface area contributed by atoms with E-state index >= 15 is 0 Å². The highest BCUT2D eigenvalue weighted by Crippen LogP contribution is 2.16. The largest absolute Gasteiger partial charge is 0.357 e. The van der Waals surface area contributed by atoms with Crippen molar-refractivity contribution in [3.8, 4) is 0 Å². The van der Waals surface area contributed by atoms with E-state index < -0.39 is 9.84 Å². The monoisotopic (exact) mass is 408 g/mol. The Labute approximate surface area is 166 Å². The molecule has 2 N–H and O–H groups in total. The topological polar surface area (TPSA) is 83.4 Å². The molecule has 8 heteroatoms. The van der Waals surface area contributed by atoms with Crippen LogP contribution in [0.25, 0.3) is 0 Å². The fourth-order valence-corrected chi connectivity index (χ4v) is 4.03. The predicted octanol–water partition coefficient (Wildman–Crippen LogP) is 2.50. The first kappa shape index (κ1) is 21.4. The number of aromatic nitrogens is 1. The number of nitrogens with one attached hydrogen (secondary N) is 2. The Bertz CT molecular complexity index is 852. The Hall–Kier alpha value is -1.93. The summed E-state index contributed by atoms with van der Waals surface area (Å²) >= 11 is 1.73. The van der Waals surface area contributed by atoms with Crippen LogP contribution in [0.15, 0.2) is 34.2 Å². The zero-order chi connectivity index (χ0) is 19.9. The molecule has 0 saturated heterocycles. The van der Waals surface area contributed by atoms with Gasteiger partial charge in [0.05, 0.1) is 15.6 Å². The van der Waals surface area contributed by atoms with Crippen molar-refractivity contribution < 1.29 is 8.42 Å². The third-order valence-electron chi connectivity index (χ3n) is 4.07. The van der Waals surface area contributed by atoms with E-state index in [4.69, 9.17) is 0 Å². The number of rotatable bonds is 8. The number of thiazole rings is 1. The summed E-state index contributed by atoms with van der Waals surface area (Å²) < 4.78 is 23.0. The average Bonchev–Trinajstić information content (AvgIpc) is 2.92. The van der Waals surface area contributed by atoms with Crippen LogP contribution in [0.5, 0.6) is 0 Å². The van der Waals surface area contributed by atoms with E-state index in [1.807, 2.05) is 26.0 Å². The van der Waals surface area contributed by atoms with Gasteiger partial charge in [0.15, 0.2) is 15.8 Å². The van der Waals surface area contributed by atoms with Crippen molar-refractivity contribution >= 4 is 27.1 Å². The van der Waals surface area contributed by atoms with Crippen LogP contribution in [-0.2, 0) is 22.7 Å². The van der Waals surface area contributed by atoms with Crippen molar-refractivity contribution in [2.24, 2.45) is 4.99 Å². The summed E-state index contributed by atoms with van der Waals surface area (Å²) in [4.78, 5) is 10.8. The lowest BCUT2D eigenvalue weighted by molar-refractivity contribution is 0.602. The molecule has 0 aliphatic rings. The highest BCUT2D eigenvalue weighted by Gasteiger charge is 2.06. The molecule has 0 unspecified atom stereocenters. The van der Waals surface area contributed by atoms with Crippen molar-refractivity contribution in [3.05, 3.63) is 45.4 Å². The Kier molecular flexibility index (Phi) is 7.79. The molecule has 0 radical (unpaired) electrons. The average molecular weight is 409 g/mol. The van der Waals surface area contributed by atoms with Gasteiger partial charge in [-0.3, -0.25) is 4.99 Å². The van der Waals surface area contributed by atoms with Gasteiger partial charge in [-0.05, 0) is 44.9 Å². The zero-order valence-corrected chi connectivity index (χ0v) is 18.0. The highest BCUT2D eigenvalue weighted by atomic mass is 32.2. The molecule has 0 aliphatic carbocycles. The molecule has 2 aromatic rings. The van der Waals surface area contributed by atoms with Crippen molar-refractivity contribution in [1.82, 2.24) is 15.6 Å². The molecule has 0 saturated carbocycles. The molecule has 148 valence electrons. The maximum Gasteiger partial charge on any atom is 0.191 e. The maximum absolute atomic E-state index is 11.5. The molecule has 0 spiro atoms. The summed E-state index contributed by atoms with van der Waals surface area (Å²) in [6.07, 6.45) is 2.85. The second-order valence-electron chi connectivity index (χ2n) is 6.35. The number of aliphatic imine (C=N–C) groups is 1. The molecule has 1 aromatic carbocycles. The minimum absolute atomic E-state index is 0.349. The minimum Gasteiger partial charge on any atom is -0.357 e. The molecular formula is C19H28N4O2S2. The third-order valence-corrected chi connectivity index (χ3v) is 6.33. The van der Waals surface area contributed by atoms with Crippen LogP contribution < -0.4 is 10.6 Å². The maximum atomic E-state index is 11.5. The molecule has 0 fully saturated rings. The van der Waals surface area contributed by atoms with E-state index in [0.717, 1.165) is 48.2 Å². The van der Waals surface area contributed by atoms with Gasteiger partial charge in [-0.1, -0.05) is 12.1 Å². The van der Waals surface area contributed by atoms with Gasteiger partial charge in [0.25, 0.3) is 0 Å². The van der Waals surface area contributed by atoms with Gasteiger partial charge in [-0.2, -0.15) is 0 Å². The number of hydrogen-bond donors (Lipinski definition) is 2. The molecule has 6 nitrogen and oxygen atoms in total. The van der Waals surface area contributed by atoms with Crippen LogP contribution in [0.3, 0.4) is 0 Å². The number of sulfone groups is 1. The summed E-state index contributed by atoms with van der Waals surface area (Å²) in [6.45, 7) is 8.36. The first-order valence-corrected chi connectivity index (χ1v) is 11.7. The number of benzene rings is 1. The van der Waals surface area contributed by atoms with E-state index in [1.165, 1.54) is 11.1 Å². The standard InChI is InChI=1S/C19H28N4O2S2/c1-5-20-19(22-13-11-18-23-14(2)15(3)26-18)21-12-10-16-6-8-17(9-7-16)27(4,24)25/h6-9H,5,10-13H2,1-4H3,(H2,20,21,22). The molecule has 0 aliphatic heterocycles. The summed E-state index contributed by atoms with van der Waals surface area (Å²) in [5.41, 5.74) is 2.19. The molecule has 0 amide bonds. The lowest BCUT2D eigenvalue weighted by atomic mass is 10.1. The number of aryl methyl sites for hydroxylation is 2. The van der Waals surface area contributed by atoms with Gasteiger partial charge in [-0.25, -0.2) is 13.4 Å². The second kappa shape index (κ2) is 9.85. The molecular weight excluding hydrogens is 380 g/mol. The molecule has 1 heterocycles. The quantitative estimate of drug-likeness (QED) is 0.518. The first-order chi connectivity index (χ1) is 12.8. The van der Waals surface area contributed by atoms with Crippen molar-refractivity contribution in [2.75, 3.05) is 25.9 Å². The SMILES string of the molecule is CCNC(=NCCc1nc(C)c(C)s1)NCCc1ccc(S(C)(=O)=O)cc1. The molecule has 1 aromatic heterocycles. The third kappa shape index (κ3) is 6.95. The van der Waals surface area contributed by atoms with Crippen LogP contribution in [-0.4, -0.2) is 45.3 Å². The van der Waals surface area contributed by atoms with Gasteiger partial charge >= 0.3 is 0 Å². The number of nitrogens with zero attached hydrogens (tertiary/aromatic N) is 2. The molecule has 0 bridgehead atoms. The van der Waals surface area contributed by atoms with Gasteiger partial charge in [0.1, 0.15) is 0 Å². The van der Waals surface area contributed by atoms with Gasteiger partial charge in [0.2, 0.25) is 0 Å². The number of hydrogen-bond acceptors (Lipinski definition) is 5. The van der Waals surface area contributed by atoms with Crippen molar-refractivity contribution in [1.29, 1.82) is 0 Å². The van der Waals surface area contributed by atoms with Gasteiger partial charge in [0, 0.05) is 37.2 Å². The smallest absolute Gasteiger partial charge is 0.191 e. The zero-order valence-electron chi connectivity index (χ0n) is 16.4. The van der Waals surface area contributed by atoms with Crippen LogP contribution in [0.4, 0.5) is 0 Å². The normalized spacial score (nSPS) is 12.2. The van der Waals surface area contributed by atoms with Gasteiger partial charge in [-0.15, -0.1) is 11.3 Å². The highest BCUT2D eigenvalue weighted by molar-refractivity contribution is 7.90. The Morgan fingerprint density at radius 1 is 1.15 bits per heavy atom. The molecule has 2 rings (SSSR count). The fraction of sp³-hybridized carbons (Fsp3) is 0.474. The lowest BCUT2D eigenvalue weighted by Gasteiger charge is -2.11. The number of guanidine groups is 1. The van der Waals surface area contributed by atoms with Gasteiger partial charge < -0.3 is 10.6 Å². The van der Waals surface area contributed by atoms with E-state index in [9.17, 15) is 8.42 Å². The van der Waals surface area contributed by atoms with E-state index in [2.05, 4.69) is 27.5 Å². The Balaban J connectivity index is 1.84. The summed E-state index contributed by atoms with van der Waals surface area (Å²) in [6, 6.07) is 7.02. The summed E-state index contributed by atoms with van der Waals surface area (Å²) in [5.74, 6) is 0.787. The van der Waals surface area contributed by atoms with Crippen molar-refractivity contribution in [3.63, 3.8) is 0 Å². The predicted molar refractivity (Wildman–Crippen MR) is 113 cm³/mol. The summed E-state index contributed by atoms with van der Waals surface area (Å²) in [7, 11) is -3.14. The fourth-order valence-electron chi connectivity index (χ4n) is 2.48. The summed E-state index contributed by atoms with van der Waals surface area (Å²) in [5, 5.41) is 7.68. The van der Waals surface area contributed by atoms with Crippen LogP contribution in [0.2, 0.25) is 0 Å². The van der Waals surface area contributed by atoms with Crippen LogP contribution >= 0.6 is 11.3 Å². The van der Waals surface area contributed by atoms with Crippen LogP contribution in [0.1, 0.15) is 28.1 Å². The minimum atomic E-state index is -3.14. The second-order valence-corrected chi connectivity index (χ2v) is 9.66. The molecule has 0 atom stereocenters.